The standard InChI is InChI=1S/C13H17NO2S/c1-9(2)17(15,16)8-12-7-11-6-10(3)4-5-13(11)14-12/h4-7,9,14H,8H2,1-3H3. The second-order valence-electron chi connectivity index (χ2n) is 4.74. The fraction of sp³-hybridized carbons (Fsp3) is 0.385. The largest absolute Gasteiger partial charge is 0.358 e. The number of hydrogen-bond acceptors (Lipinski definition) is 2. The van der Waals surface area contributed by atoms with Crippen molar-refractivity contribution in [3.63, 3.8) is 0 Å². The number of hydrogen-bond donors (Lipinski definition) is 1. The lowest BCUT2D eigenvalue weighted by atomic mass is 10.2. The molecule has 0 saturated carbocycles. The van der Waals surface area contributed by atoms with Gasteiger partial charge in [-0.15, -0.1) is 0 Å². The second kappa shape index (κ2) is 4.18. The molecular weight excluding hydrogens is 234 g/mol. The Morgan fingerprint density at radius 2 is 1.94 bits per heavy atom. The van der Waals surface area contributed by atoms with Gasteiger partial charge < -0.3 is 4.98 Å². The monoisotopic (exact) mass is 251 g/mol. The van der Waals surface area contributed by atoms with Gasteiger partial charge in [-0.05, 0) is 44.4 Å². The molecule has 3 nitrogen and oxygen atoms in total. The van der Waals surface area contributed by atoms with Gasteiger partial charge in [0.15, 0.2) is 9.84 Å². The molecule has 17 heavy (non-hydrogen) atoms. The predicted octanol–water partition coefficient (Wildman–Crippen LogP) is 2.80. The molecule has 0 spiro atoms. The van der Waals surface area contributed by atoms with Crippen molar-refractivity contribution in [3.05, 3.63) is 35.5 Å². The summed E-state index contributed by atoms with van der Waals surface area (Å²) in [4.78, 5) is 3.15. The molecule has 0 aliphatic heterocycles. The Bertz CT molecular complexity index is 638. The summed E-state index contributed by atoms with van der Waals surface area (Å²) in [6, 6.07) is 7.97. The molecule has 0 radical (unpaired) electrons. The Morgan fingerprint density at radius 3 is 2.59 bits per heavy atom. The molecular formula is C13H17NO2S. The molecule has 0 bridgehead atoms. The quantitative estimate of drug-likeness (QED) is 0.912. The lowest BCUT2D eigenvalue weighted by molar-refractivity contribution is 0.586. The van der Waals surface area contributed by atoms with Crippen molar-refractivity contribution in [3.8, 4) is 0 Å². The maximum absolute atomic E-state index is 11.8. The van der Waals surface area contributed by atoms with E-state index < -0.39 is 9.84 Å². The minimum atomic E-state index is -3.04. The van der Waals surface area contributed by atoms with Crippen molar-refractivity contribution < 1.29 is 8.42 Å². The third kappa shape index (κ3) is 2.52. The number of aryl methyl sites for hydroxylation is 1. The van der Waals surface area contributed by atoms with Crippen molar-refractivity contribution in [1.29, 1.82) is 0 Å². The fourth-order valence-corrected chi connectivity index (χ4v) is 2.70. The Kier molecular flexibility index (Phi) is 3.00. The minimum absolute atomic E-state index is 0.0817. The highest BCUT2D eigenvalue weighted by Gasteiger charge is 2.17. The van der Waals surface area contributed by atoms with Crippen LogP contribution in [0.5, 0.6) is 0 Å². The van der Waals surface area contributed by atoms with Crippen LogP contribution in [0.1, 0.15) is 25.1 Å². The molecule has 1 aromatic heterocycles. The highest BCUT2D eigenvalue weighted by atomic mass is 32.2. The van der Waals surface area contributed by atoms with E-state index in [1.165, 1.54) is 5.56 Å². The molecule has 4 heteroatoms. The van der Waals surface area contributed by atoms with Gasteiger partial charge in [-0.25, -0.2) is 8.42 Å². The molecule has 1 heterocycles. The number of benzene rings is 1. The molecule has 1 N–H and O–H groups in total. The topological polar surface area (TPSA) is 49.9 Å². The molecule has 1 aromatic carbocycles. The van der Waals surface area contributed by atoms with Crippen molar-refractivity contribution in [2.24, 2.45) is 0 Å². The van der Waals surface area contributed by atoms with E-state index in [1.807, 2.05) is 25.1 Å². The lowest BCUT2D eigenvalue weighted by Gasteiger charge is -2.05. The molecule has 0 aliphatic carbocycles. The highest BCUT2D eigenvalue weighted by molar-refractivity contribution is 7.91. The Labute approximate surface area is 102 Å². The zero-order valence-corrected chi connectivity index (χ0v) is 11.1. The Hall–Kier alpha value is -1.29. The summed E-state index contributed by atoms with van der Waals surface area (Å²) in [7, 11) is -3.04. The summed E-state index contributed by atoms with van der Waals surface area (Å²) >= 11 is 0. The summed E-state index contributed by atoms with van der Waals surface area (Å²) in [5.74, 6) is 0.0817. The number of rotatable bonds is 3. The predicted molar refractivity (Wildman–Crippen MR) is 70.8 cm³/mol. The Balaban J connectivity index is 2.38. The van der Waals surface area contributed by atoms with Gasteiger partial charge in [-0.2, -0.15) is 0 Å². The number of aromatic nitrogens is 1. The third-order valence-electron chi connectivity index (χ3n) is 2.91. The van der Waals surface area contributed by atoms with E-state index in [9.17, 15) is 8.42 Å². The maximum atomic E-state index is 11.8. The van der Waals surface area contributed by atoms with Gasteiger partial charge in [-0.3, -0.25) is 0 Å². The lowest BCUT2D eigenvalue weighted by Crippen LogP contribution is -2.16. The van der Waals surface area contributed by atoms with E-state index >= 15 is 0 Å². The van der Waals surface area contributed by atoms with Crippen LogP contribution in [0.25, 0.3) is 10.9 Å². The zero-order chi connectivity index (χ0) is 12.6. The molecule has 0 aliphatic rings. The number of H-pyrrole nitrogens is 1. The average molecular weight is 251 g/mol. The Morgan fingerprint density at radius 1 is 1.24 bits per heavy atom. The van der Waals surface area contributed by atoms with Gasteiger partial charge in [0.2, 0.25) is 0 Å². The van der Waals surface area contributed by atoms with Gasteiger partial charge in [0.05, 0.1) is 11.0 Å². The summed E-state index contributed by atoms with van der Waals surface area (Å²) < 4.78 is 23.6. The van der Waals surface area contributed by atoms with Crippen LogP contribution in [0.15, 0.2) is 24.3 Å². The number of nitrogens with one attached hydrogen (secondary N) is 1. The maximum Gasteiger partial charge on any atom is 0.158 e. The van der Waals surface area contributed by atoms with Crippen molar-refractivity contribution >= 4 is 20.7 Å². The van der Waals surface area contributed by atoms with Crippen molar-refractivity contribution in [2.45, 2.75) is 31.8 Å². The third-order valence-corrected chi connectivity index (χ3v) is 5.06. The smallest absolute Gasteiger partial charge is 0.158 e. The van der Waals surface area contributed by atoms with Crippen LogP contribution in [0.3, 0.4) is 0 Å². The normalized spacial score (nSPS) is 12.5. The second-order valence-corrected chi connectivity index (χ2v) is 7.30. The van der Waals surface area contributed by atoms with Gasteiger partial charge in [0, 0.05) is 11.2 Å². The highest BCUT2D eigenvalue weighted by Crippen LogP contribution is 2.19. The molecule has 0 saturated heterocycles. The molecule has 0 unspecified atom stereocenters. The van der Waals surface area contributed by atoms with E-state index in [0.29, 0.717) is 0 Å². The number of aromatic amines is 1. The summed E-state index contributed by atoms with van der Waals surface area (Å²) in [5, 5.41) is 0.731. The molecule has 0 amide bonds. The summed E-state index contributed by atoms with van der Waals surface area (Å²) in [5.41, 5.74) is 2.93. The first-order valence-corrected chi connectivity index (χ1v) is 7.40. The summed E-state index contributed by atoms with van der Waals surface area (Å²) in [6.07, 6.45) is 0. The SMILES string of the molecule is Cc1ccc2[nH]c(CS(=O)(=O)C(C)C)cc2c1. The van der Waals surface area contributed by atoms with E-state index in [-0.39, 0.29) is 11.0 Å². The van der Waals surface area contributed by atoms with E-state index in [1.54, 1.807) is 13.8 Å². The first-order valence-electron chi connectivity index (χ1n) is 5.68. The van der Waals surface area contributed by atoms with E-state index in [2.05, 4.69) is 11.1 Å². The van der Waals surface area contributed by atoms with Crippen molar-refractivity contribution in [1.82, 2.24) is 4.98 Å². The van der Waals surface area contributed by atoms with Crippen LogP contribution >= 0.6 is 0 Å². The van der Waals surface area contributed by atoms with Gasteiger partial charge in [0.25, 0.3) is 0 Å². The van der Waals surface area contributed by atoms with E-state index in [4.69, 9.17) is 0 Å². The van der Waals surface area contributed by atoms with Gasteiger partial charge in [0.1, 0.15) is 0 Å². The van der Waals surface area contributed by atoms with E-state index in [0.717, 1.165) is 16.6 Å². The average Bonchev–Trinajstić information content (AvgIpc) is 2.57. The molecule has 2 aromatic rings. The number of fused-ring (bicyclic) bond motifs is 1. The summed E-state index contributed by atoms with van der Waals surface area (Å²) in [6.45, 7) is 5.45. The van der Waals surface area contributed by atoms with Crippen LogP contribution in [0.4, 0.5) is 0 Å². The molecule has 0 fully saturated rings. The van der Waals surface area contributed by atoms with Crippen LogP contribution < -0.4 is 0 Å². The molecule has 92 valence electrons. The van der Waals surface area contributed by atoms with Gasteiger partial charge in [-0.1, -0.05) is 11.6 Å². The first kappa shape index (κ1) is 12.2. The van der Waals surface area contributed by atoms with Crippen LogP contribution in [-0.4, -0.2) is 18.7 Å². The first-order chi connectivity index (χ1) is 7.88. The minimum Gasteiger partial charge on any atom is -0.358 e. The molecule has 0 atom stereocenters. The zero-order valence-electron chi connectivity index (χ0n) is 10.3. The fourth-order valence-electron chi connectivity index (χ4n) is 1.77. The van der Waals surface area contributed by atoms with Crippen LogP contribution in [-0.2, 0) is 15.6 Å². The van der Waals surface area contributed by atoms with Crippen LogP contribution in [0, 0.1) is 6.92 Å². The molecule has 2 rings (SSSR count). The van der Waals surface area contributed by atoms with Crippen LogP contribution in [0.2, 0.25) is 0 Å². The van der Waals surface area contributed by atoms with Crippen molar-refractivity contribution in [2.75, 3.05) is 0 Å². The number of sulfone groups is 1. The van der Waals surface area contributed by atoms with Gasteiger partial charge >= 0.3 is 0 Å².